The van der Waals surface area contributed by atoms with Gasteiger partial charge in [-0.15, -0.1) is 0 Å². The lowest BCUT2D eigenvalue weighted by atomic mass is 10.1. The average molecular weight is 453 g/mol. The zero-order valence-corrected chi connectivity index (χ0v) is 18.5. The largest absolute Gasteiger partial charge is 0.360 e. The Hall–Kier alpha value is -3.09. The van der Waals surface area contributed by atoms with Crippen molar-refractivity contribution in [3.8, 4) is 0 Å². The number of rotatable bonds is 5. The van der Waals surface area contributed by atoms with Crippen molar-refractivity contribution in [3.63, 3.8) is 0 Å². The van der Waals surface area contributed by atoms with E-state index in [0.29, 0.717) is 16.3 Å². The molecule has 4 rings (SSSR count). The molecule has 0 atom stereocenters. The number of anilines is 2. The number of aryl methyl sites for hydroxylation is 1. The van der Waals surface area contributed by atoms with E-state index in [1.54, 1.807) is 48.5 Å². The van der Waals surface area contributed by atoms with Gasteiger partial charge in [0.05, 0.1) is 12.2 Å². The van der Waals surface area contributed by atoms with Gasteiger partial charge in [0, 0.05) is 22.5 Å². The van der Waals surface area contributed by atoms with Crippen molar-refractivity contribution >= 4 is 38.8 Å². The first-order chi connectivity index (χ1) is 14.9. The van der Waals surface area contributed by atoms with E-state index in [1.807, 2.05) is 31.2 Å². The molecule has 31 heavy (non-hydrogen) atoms. The normalized spacial score (nSPS) is 16.3. The molecule has 0 saturated heterocycles. The molecule has 0 fully saturated rings. The Balaban J connectivity index is 1.78. The van der Waals surface area contributed by atoms with Gasteiger partial charge in [-0.25, -0.2) is 8.42 Å². The maximum absolute atomic E-state index is 13.5. The van der Waals surface area contributed by atoms with Crippen LogP contribution in [0.1, 0.15) is 28.4 Å². The van der Waals surface area contributed by atoms with Crippen LogP contribution in [0.3, 0.4) is 0 Å². The minimum absolute atomic E-state index is 0.0900. The summed E-state index contributed by atoms with van der Waals surface area (Å²) in [4.78, 5) is 12.8. The van der Waals surface area contributed by atoms with Gasteiger partial charge in [-0.05, 0) is 47.9 Å². The Morgan fingerprint density at radius 2 is 1.65 bits per heavy atom. The summed E-state index contributed by atoms with van der Waals surface area (Å²) in [6.07, 6.45) is 2.08. The molecular formula is C24H21ClN2O3S. The third-order valence-electron chi connectivity index (χ3n) is 5.21. The summed E-state index contributed by atoms with van der Waals surface area (Å²) in [6, 6.07) is 21.3. The molecule has 3 aromatic rings. The predicted octanol–water partition coefficient (Wildman–Crippen LogP) is 5.39. The van der Waals surface area contributed by atoms with Crippen molar-refractivity contribution in [1.29, 1.82) is 0 Å². The molecule has 1 N–H and O–H groups in total. The molecule has 0 bridgehead atoms. The first-order valence-electron chi connectivity index (χ1n) is 9.87. The maximum atomic E-state index is 13.5. The van der Waals surface area contributed by atoms with E-state index in [1.165, 1.54) is 10.5 Å². The van der Waals surface area contributed by atoms with Crippen LogP contribution in [0.5, 0.6) is 0 Å². The van der Waals surface area contributed by atoms with Crippen molar-refractivity contribution in [2.45, 2.75) is 19.9 Å². The minimum atomic E-state index is -4.08. The monoisotopic (exact) mass is 452 g/mol. The molecule has 0 aromatic heterocycles. The van der Waals surface area contributed by atoms with Crippen LogP contribution in [0.2, 0.25) is 5.02 Å². The summed E-state index contributed by atoms with van der Waals surface area (Å²) < 4.78 is 28.3. The van der Waals surface area contributed by atoms with Gasteiger partial charge in [-0.1, -0.05) is 61.0 Å². The van der Waals surface area contributed by atoms with Crippen molar-refractivity contribution in [1.82, 2.24) is 0 Å². The number of hydrogen-bond donors (Lipinski definition) is 1. The van der Waals surface area contributed by atoms with Gasteiger partial charge >= 0.3 is 0 Å². The van der Waals surface area contributed by atoms with E-state index in [0.717, 1.165) is 23.2 Å². The Morgan fingerprint density at radius 1 is 0.968 bits per heavy atom. The van der Waals surface area contributed by atoms with E-state index >= 15 is 0 Å². The number of sulfonamides is 1. The van der Waals surface area contributed by atoms with Crippen LogP contribution in [0.25, 0.3) is 0 Å². The van der Waals surface area contributed by atoms with Gasteiger partial charge in [-0.3, -0.25) is 9.10 Å². The number of carbonyl (C=O) groups excluding carboxylic acids is 1. The van der Waals surface area contributed by atoms with Crippen LogP contribution in [-0.4, -0.2) is 14.2 Å². The molecule has 0 spiro atoms. The zero-order valence-electron chi connectivity index (χ0n) is 16.9. The van der Waals surface area contributed by atoms with Gasteiger partial charge in [0.15, 0.2) is 4.91 Å². The smallest absolute Gasteiger partial charge is 0.270 e. The second-order valence-corrected chi connectivity index (χ2v) is 9.42. The number of nitrogens with one attached hydrogen (secondary N) is 1. The average Bonchev–Trinajstić information content (AvgIpc) is 2.78. The number of halogens is 1. The van der Waals surface area contributed by atoms with Crippen LogP contribution in [0.15, 0.2) is 83.9 Å². The fourth-order valence-electron chi connectivity index (χ4n) is 3.56. The lowest BCUT2D eigenvalue weighted by Gasteiger charge is -2.31. The number of fused-ring (bicyclic) bond motifs is 1. The predicted molar refractivity (Wildman–Crippen MR) is 125 cm³/mol. The van der Waals surface area contributed by atoms with E-state index in [2.05, 4.69) is 5.32 Å². The molecule has 1 aliphatic heterocycles. The number of para-hydroxylation sites is 2. The van der Waals surface area contributed by atoms with Crippen LogP contribution < -0.4 is 9.62 Å². The van der Waals surface area contributed by atoms with Crippen LogP contribution in [-0.2, 0) is 23.0 Å². The van der Waals surface area contributed by atoms with Gasteiger partial charge < -0.3 is 5.32 Å². The molecule has 0 amide bonds. The number of benzene rings is 3. The number of allylic oxidation sites excluding steroid dienone is 1. The van der Waals surface area contributed by atoms with Crippen LogP contribution >= 0.6 is 11.6 Å². The third kappa shape index (κ3) is 4.09. The highest BCUT2D eigenvalue weighted by Gasteiger charge is 2.40. The Bertz CT molecular complexity index is 1270. The topological polar surface area (TPSA) is 66.5 Å². The molecule has 158 valence electrons. The molecule has 0 unspecified atom stereocenters. The number of ketones is 1. The Morgan fingerprint density at radius 3 is 2.39 bits per heavy atom. The van der Waals surface area contributed by atoms with Crippen LogP contribution in [0, 0.1) is 0 Å². The van der Waals surface area contributed by atoms with Gasteiger partial charge in [0.25, 0.3) is 10.0 Å². The number of Topliss-reactive ketones (excluding diaryl/α,β-unsaturated/α-hetero) is 1. The van der Waals surface area contributed by atoms with Crippen molar-refractivity contribution in [2.75, 3.05) is 9.62 Å². The fourth-order valence-corrected chi connectivity index (χ4v) is 5.21. The summed E-state index contributed by atoms with van der Waals surface area (Å²) in [6.45, 7) is 2.10. The molecule has 5 nitrogen and oxygen atoms in total. The van der Waals surface area contributed by atoms with Crippen LogP contribution in [0.4, 0.5) is 11.4 Å². The molecule has 0 aliphatic carbocycles. The summed E-state index contributed by atoms with van der Waals surface area (Å²) in [5.41, 5.74) is 3.28. The van der Waals surface area contributed by atoms with E-state index in [4.69, 9.17) is 11.6 Å². The maximum Gasteiger partial charge on any atom is 0.270 e. The van der Waals surface area contributed by atoms with E-state index in [-0.39, 0.29) is 11.4 Å². The standard InChI is InChI=1S/C24H21ClN2O3S/c1-2-18-7-3-5-9-21(18)26-15-23-24(28)20-8-4-6-10-22(20)27(31(23,29)30)16-17-11-13-19(25)14-12-17/h3-15,26H,2,16H2,1H3. The third-order valence-corrected chi connectivity index (χ3v) is 7.22. The summed E-state index contributed by atoms with van der Waals surface area (Å²) >= 11 is 5.96. The SMILES string of the molecule is CCc1ccccc1NC=C1C(=O)c2ccccc2N(Cc2ccc(Cl)cc2)S1(=O)=O. The minimum Gasteiger partial charge on any atom is -0.360 e. The molecule has 7 heteroatoms. The second-order valence-electron chi connectivity index (χ2n) is 7.15. The highest BCUT2D eigenvalue weighted by Crippen LogP contribution is 2.36. The number of carbonyl (C=O) groups is 1. The summed E-state index contributed by atoms with van der Waals surface area (Å²) in [5, 5.41) is 3.61. The molecule has 1 heterocycles. The lowest BCUT2D eigenvalue weighted by Crippen LogP contribution is -2.39. The lowest BCUT2D eigenvalue weighted by molar-refractivity contribution is 0.104. The van der Waals surface area contributed by atoms with Crippen molar-refractivity contribution in [3.05, 3.63) is 106 Å². The first kappa shape index (κ1) is 21.2. The van der Waals surface area contributed by atoms with Crippen molar-refractivity contribution in [2.24, 2.45) is 0 Å². The van der Waals surface area contributed by atoms with E-state index in [9.17, 15) is 13.2 Å². The van der Waals surface area contributed by atoms with Gasteiger partial charge in [-0.2, -0.15) is 0 Å². The van der Waals surface area contributed by atoms with Crippen molar-refractivity contribution < 1.29 is 13.2 Å². The Labute approximate surface area is 187 Å². The second kappa shape index (κ2) is 8.57. The summed E-state index contributed by atoms with van der Waals surface area (Å²) in [7, 11) is -4.08. The Kier molecular flexibility index (Phi) is 5.85. The van der Waals surface area contributed by atoms with Gasteiger partial charge in [0.1, 0.15) is 0 Å². The number of hydrogen-bond acceptors (Lipinski definition) is 4. The highest BCUT2D eigenvalue weighted by molar-refractivity contribution is 7.97. The highest BCUT2D eigenvalue weighted by atomic mass is 35.5. The fraction of sp³-hybridized carbons (Fsp3) is 0.125. The summed E-state index contributed by atoms with van der Waals surface area (Å²) in [5.74, 6) is -0.524. The molecule has 0 saturated carbocycles. The molecule has 0 radical (unpaired) electrons. The first-order valence-corrected chi connectivity index (χ1v) is 11.7. The number of nitrogens with zero attached hydrogens (tertiary/aromatic N) is 1. The van der Waals surface area contributed by atoms with E-state index < -0.39 is 15.8 Å². The molecule has 1 aliphatic rings. The quantitative estimate of drug-likeness (QED) is 0.527. The zero-order chi connectivity index (χ0) is 22.0. The molecule has 3 aromatic carbocycles. The van der Waals surface area contributed by atoms with Gasteiger partial charge in [0.2, 0.25) is 5.78 Å². The molecular weight excluding hydrogens is 432 g/mol.